The van der Waals surface area contributed by atoms with E-state index in [4.69, 9.17) is 5.73 Å². The number of nitrogens with two attached hydrogens (primary N) is 1. The maximum atomic E-state index is 12.0. The summed E-state index contributed by atoms with van der Waals surface area (Å²) >= 11 is 0. The number of pyridine rings is 1. The predicted octanol–water partition coefficient (Wildman–Crippen LogP) is 2.17. The fourth-order valence-corrected chi connectivity index (χ4v) is 2.43. The van der Waals surface area contributed by atoms with Gasteiger partial charge >= 0.3 is 0 Å². The molecule has 1 saturated carbocycles. The Morgan fingerprint density at radius 2 is 1.89 bits per heavy atom. The van der Waals surface area contributed by atoms with E-state index in [0.29, 0.717) is 18.0 Å². The average molecular weight is 306 g/mol. The Hall–Kier alpha value is -0.840. The number of carbonyl (C=O) groups is 1. The molecule has 1 amide bonds. The quantitative estimate of drug-likeness (QED) is 0.899. The Bertz CT molecular complexity index is 375. The highest BCUT2D eigenvalue weighted by Gasteiger charge is 2.25. The van der Waals surface area contributed by atoms with Crippen LogP contribution in [-0.2, 0) is 0 Å². The maximum Gasteiger partial charge on any atom is 0.251 e. The van der Waals surface area contributed by atoms with Gasteiger partial charge in [-0.25, -0.2) is 0 Å². The number of hydrogen-bond donors (Lipinski definition) is 2. The monoisotopic (exact) mass is 305 g/mol. The molecule has 1 aromatic rings. The molecule has 0 aliphatic heterocycles. The number of nitrogens with zero attached hydrogens (tertiary/aromatic N) is 1. The van der Waals surface area contributed by atoms with E-state index >= 15 is 0 Å². The van der Waals surface area contributed by atoms with Crippen LogP contribution in [0.2, 0.25) is 0 Å². The Balaban J connectivity index is 0.00000162. The summed E-state index contributed by atoms with van der Waals surface area (Å²) in [5, 5.41) is 3.09. The van der Waals surface area contributed by atoms with Crippen molar-refractivity contribution in [3.63, 3.8) is 0 Å². The minimum atomic E-state index is -0.0160. The van der Waals surface area contributed by atoms with E-state index < -0.39 is 0 Å². The molecule has 3 N–H and O–H groups in total. The van der Waals surface area contributed by atoms with Crippen LogP contribution in [0.1, 0.15) is 36.0 Å². The lowest BCUT2D eigenvalue weighted by atomic mass is 9.84. The summed E-state index contributed by atoms with van der Waals surface area (Å²) in [7, 11) is 0. The number of nitrogens with one attached hydrogen (secondary N) is 1. The zero-order chi connectivity index (χ0) is 12.1. The summed E-state index contributed by atoms with van der Waals surface area (Å²) in [5.74, 6) is 0.410. The normalized spacial score (nSPS) is 21.7. The van der Waals surface area contributed by atoms with E-state index in [1.807, 2.05) is 0 Å². The summed E-state index contributed by atoms with van der Waals surface area (Å²) in [4.78, 5) is 15.9. The zero-order valence-electron chi connectivity index (χ0n) is 10.7. The number of hydrogen-bond acceptors (Lipinski definition) is 3. The molecule has 1 aliphatic carbocycles. The second kappa shape index (κ2) is 9.13. The minimum Gasteiger partial charge on any atom is -0.349 e. The van der Waals surface area contributed by atoms with Gasteiger partial charge in [-0.3, -0.25) is 9.78 Å². The highest BCUT2D eigenvalue weighted by atomic mass is 35.5. The molecule has 0 bridgehead atoms. The third-order valence-corrected chi connectivity index (χ3v) is 3.47. The van der Waals surface area contributed by atoms with Crippen LogP contribution < -0.4 is 11.1 Å². The molecule has 2 unspecified atom stereocenters. The molecule has 19 heavy (non-hydrogen) atoms. The number of amides is 1. The molecule has 1 fully saturated rings. The molecule has 1 aromatic heterocycles. The van der Waals surface area contributed by atoms with Gasteiger partial charge in [-0.15, -0.1) is 24.8 Å². The molecule has 0 aromatic carbocycles. The fraction of sp³-hybridized carbons (Fsp3) is 0.538. The van der Waals surface area contributed by atoms with Gasteiger partial charge in [0.25, 0.3) is 5.91 Å². The first-order chi connectivity index (χ1) is 8.31. The second-order valence-electron chi connectivity index (χ2n) is 4.60. The molecular formula is C13H21Cl2N3O. The summed E-state index contributed by atoms with van der Waals surface area (Å²) < 4.78 is 0. The third kappa shape index (κ3) is 4.97. The second-order valence-corrected chi connectivity index (χ2v) is 4.60. The molecule has 4 nitrogen and oxygen atoms in total. The van der Waals surface area contributed by atoms with Crippen molar-refractivity contribution in [3.05, 3.63) is 30.1 Å². The van der Waals surface area contributed by atoms with Gasteiger partial charge in [-0.05, 0) is 37.4 Å². The van der Waals surface area contributed by atoms with E-state index in [1.165, 1.54) is 12.8 Å². The highest BCUT2D eigenvalue weighted by molar-refractivity contribution is 5.94. The van der Waals surface area contributed by atoms with Crippen molar-refractivity contribution in [2.45, 2.75) is 31.7 Å². The van der Waals surface area contributed by atoms with Crippen molar-refractivity contribution >= 4 is 30.7 Å². The molecule has 0 radical (unpaired) electrons. The van der Waals surface area contributed by atoms with E-state index in [1.54, 1.807) is 24.5 Å². The van der Waals surface area contributed by atoms with Gasteiger partial charge in [-0.1, -0.05) is 12.8 Å². The van der Waals surface area contributed by atoms with Gasteiger partial charge in [0.1, 0.15) is 0 Å². The Labute approximate surface area is 126 Å². The van der Waals surface area contributed by atoms with Crippen LogP contribution in [0.15, 0.2) is 24.5 Å². The van der Waals surface area contributed by atoms with Crippen LogP contribution in [0, 0.1) is 5.92 Å². The lowest BCUT2D eigenvalue weighted by Gasteiger charge is -2.31. The van der Waals surface area contributed by atoms with Gasteiger partial charge in [0, 0.05) is 24.0 Å². The highest BCUT2D eigenvalue weighted by Crippen LogP contribution is 2.23. The van der Waals surface area contributed by atoms with Crippen molar-refractivity contribution in [1.29, 1.82) is 0 Å². The lowest BCUT2D eigenvalue weighted by molar-refractivity contribution is 0.0908. The molecular weight excluding hydrogens is 285 g/mol. The summed E-state index contributed by atoms with van der Waals surface area (Å²) in [6.45, 7) is 0.654. The van der Waals surface area contributed by atoms with Crippen LogP contribution in [0.25, 0.3) is 0 Å². The Morgan fingerprint density at radius 3 is 2.53 bits per heavy atom. The fourth-order valence-electron chi connectivity index (χ4n) is 2.43. The number of rotatable bonds is 3. The molecule has 1 aliphatic rings. The predicted molar refractivity (Wildman–Crippen MR) is 81.0 cm³/mol. The third-order valence-electron chi connectivity index (χ3n) is 3.47. The topological polar surface area (TPSA) is 68.0 Å². The van der Waals surface area contributed by atoms with Crippen LogP contribution in [-0.4, -0.2) is 23.5 Å². The number of aromatic nitrogens is 1. The largest absolute Gasteiger partial charge is 0.349 e. The minimum absolute atomic E-state index is 0. The van der Waals surface area contributed by atoms with E-state index in [9.17, 15) is 4.79 Å². The summed E-state index contributed by atoms with van der Waals surface area (Å²) in [6, 6.07) is 3.69. The van der Waals surface area contributed by atoms with Crippen molar-refractivity contribution in [3.8, 4) is 0 Å². The van der Waals surface area contributed by atoms with Crippen molar-refractivity contribution in [2.24, 2.45) is 11.7 Å². The molecule has 1 heterocycles. The van der Waals surface area contributed by atoms with Gasteiger partial charge in [0.15, 0.2) is 0 Å². The summed E-state index contributed by atoms with van der Waals surface area (Å²) in [5.41, 5.74) is 6.41. The van der Waals surface area contributed by atoms with Crippen molar-refractivity contribution < 1.29 is 4.79 Å². The lowest BCUT2D eigenvalue weighted by Crippen LogP contribution is -2.44. The van der Waals surface area contributed by atoms with Crippen LogP contribution in [0.5, 0.6) is 0 Å². The van der Waals surface area contributed by atoms with Gasteiger partial charge in [0.05, 0.1) is 0 Å². The first-order valence-electron chi connectivity index (χ1n) is 6.22. The van der Waals surface area contributed by atoms with Crippen molar-refractivity contribution in [1.82, 2.24) is 10.3 Å². The molecule has 6 heteroatoms. The number of carbonyl (C=O) groups excluding carboxylic acids is 1. The van der Waals surface area contributed by atoms with Gasteiger partial charge < -0.3 is 11.1 Å². The van der Waals surface area contributed by atoms with Gasteiger partial charge in [0.2, 0.25) is 0 Å². The van der Waals surface area contributed by atoms with Crippen molar-refractivity contribution in [2.75, 3.05) is 6.54 Å². The van der Waals surface area contributed by atoms with Crippen LogP contribution in [0.4, 0.5) is 0 Å². The Morgan fingerprint density at radius 1 is 1.26 bits per heavy atom. The molecule has 108 valence electrons. The standard InChI is InChI=1S/C13H19N3O.2ClH/c14-9-11-3-1-2-4-12(11)16-13(17)10-5-7-15-8-6-10;;/h5-8,11-12H,1-4,9,14H2,(H,16,17);2*1H. The molecule has 2 atom stereocenters. The average Bonchev–Trinajstić information content (AvgIpc) is 2.40. The zero-order valence-corrected chi connectivity index (χ0v) is 12.4. The first-order valence-corrected chi connectivity index (χ1v) is 6.22. The maximum absolute atomic E-state index is 12.0. The van der Waals surface area contributed by atoms with E-state index in [0.717, 1.165) is 12.8 Å². The Kier molecular flexibility index (Phi) is 8.72. The molecule has 0 saturated heterocycles. The van der Waals surface area contributed by atoms with E-state index in [-0.39, 0.29) is 36.8 Å². The first kappa shape index (κ1) is 18.2. The molecule has 0 spiro atoms. The van der Waals surface area contributed by atoms with E-state index in [2.05, 4.69) is 10.3 Å². The molecule has 2 rings (SSSR count). The van der Waals surface area contributed by atoms with Crippen LogP contribution >= 0.6 is 24.8 Å². The SMILES string of the molecule is Cl.Cl.NCC1CCCCC1NC(=O)c1ccncc1. The number of halogens is 2. The summed E-state index contributed by atoms with van der Waals surface area (Å²) in [6.07, 6.45) is 7.84. The van der Waals surface area contributed by atoms with Gasteiger partial charge in [-0.2, -0.15) is 0 Å². The smallest absolute Gasteiger partial charge is 0.251 e. The van der Waals surface area contributed by atoms with Crippen LogP contribution in [0.3, 0.4) is 0 Å².